The minimum Gasteiger partial charge on any atom is -0.301 e. The van der Waals surface area contributed by atoms with Crippen molar-refractivity contribution in [2.45, 2.75) is 38.8 Å². The molecule has 0 aliphatic carbocycles. The van der Waals surface area contributed by atoms with Crippen molar-refractivity contribution in [3.63, 3.8) is 0 Å². The molecule has 1 fully saturated rings. The molecule has 1 radical (unpaired) electrons. The summed E-state index contributed by atoms with van der Waals surface area (Å²) in [6.07, 6.45) is 4.93. The summed E-state index contributed by atoms with van der Waals surface area (Å²) in [6.45, 7) is 4.57. The third-order valence-corrected chi connectivity index (χ3v) is 2.41. The van der Waals surface area contributed by atoms with Gasteiger partial charge in [-0.05, 0) is 40.2 Å². The van der Waals surface area contributed by atoms with Crippen molar-refractivity contribution in [3.05, 3.63) is 6.42 Å². The van der Waals surface area contributed by atoms with E-state index in [9.17, 15) is 0 Å². The maximum Gasteiger partial charge on any atom is 0.00694 e. The van der Waals surface area contributed by atoms with E-state index in [0.29, 0.717) is 0 Å². The Hall–Kier alpha value is -0.0400. The Kier molecular flexibility index (Phi) is 2.12. The Bertz CT molecular complexity index is 80.6. The van der Waals surface area contributed by atoms with Crippen LogP contribution in [0.3, 0.4) is 0 Å². The Morgan fingerprint density at radius 1 is 1.22 bits per heavy atom. The van der Waals surface area contributed by atoms with Gasteiger partial charge in [0.2, 0.25) is 0 Å². The molecule has 0 amide bonds. The molecule has 9 heavy (non-hydrogen) atoms. The van der Waals surface area contributed by atoms with Crippen molar-refractivity contribution >= 4 is 0 Å². The molecular formula is C8H16N. The summed E-state index contributed by atoms with van der Waals surface area (Å²) >= 11 is 0. The first-order valence-corrected chi connectivity index (χ1v) is 3.75. The third-order valence-electron chi connectivity index (χ3n) is 2.41. The van der Waals surface area contributed by atoms with Crippen LogP contribution in [0.25, 0.3) is 0 Å². The normalized spacial score (nSPS) is 39.0. The molecule has 0 aromatic carbocycles. The molecule has 0 N–H and O–H groups in total. The fourth-order valence-electron chi connectivity index (χ4n) is 1.35. The minimum atomic E-state index is 0.758. The van der Waals surface area contributed by atoms with Crippen LogP contribution >= 0.6 is 0 Å². The zero-order chi connectivity index (χ0) is 6.85. The van der Waals surface area contributed by atoms with Gasteiger partial charge >= 0.3 is 0 Å². The maximum atomic E-state index is 2.44. The average molecular weight is 126 g/mol. The second-order valence-corrected chi connectivity index (χ2v) is 3.12. The van der Waals surface area contributed by atoms with E-state index >= 15 is 0 Å². The van der Waals surface area contributed by atoms with Gasteiger partial charge in [0, 0.05) is 12.1 Å². The van der Waals surface area contributed by atoms with Gasteiger partial charge in [-0.2, -0.15) is 0 Å². The highest BCUT2D eigenvalue weighted by Crippen LogP contribution is 2.18. The summed E-state index contributed by atoms with van der Waals surface area (Å²) in [6, 6.07) is 1.52. The molecule has 1 heteroatoms. The average Bonchev–Trinajstić information content (AvgIpc) is 1.83. The number of piperidine rings is 1. The molecule has 0 spiro atoms. The van der Waals surface area contributed by atoms with Gasteiger partial charge in [0.05, 0.1) is 0 Å². The minimum absolute atomic E-state index is 0.758. The molecule has 1 aliphatic rings. The van der Waals surface area contributed by atoms with E-state index in [-0.39, 0.29) is 0 Å². The quantitative estimate of drug-likeness (QED) is 0.477. The predicted octanol–water partition coefficient (Wildman–Crippen LogP) is 1.69. The summed E-state index contributed by atoms with van der Waals surface area (Å²) in [5, 5.41) is 0. The van der Waals surface area contributed by atoms with E-state index in [1.54, 1.807) is 0 Å². The first-order chi connectivity index (χ1) is 4.22. The van der Waals surface area contributed by atoms with Crippen molar-refractivity contribution in [3.8, 4) is 0 Å². The Morgan fingerprint density at radius 3 is 2.00 bits per heavy atom. The smallest absolute Gasteiger partial charge is 0.00694 e. The lowest BCUT2D eigenvalue weighted by Gasteiger charge is -2.35. The van der Waals surface area contributed by atoms with Crippen molar-refractivity contribution in [1.82, 2.24) is 4.90 Å². The highest BCUT2D eigenvalue weighted by atomic mass is 15.2. The molecule has 0 bridgehead atoms. The van der Waals surface area contributed by atoms with Crippen molar-refractivity contribution in [1.29, 1.82) is 0 Å². The van der Waals surface area contributed by atoms with Crippen LogP contribution in [0.2, 0.25) is 0 Å². The fraction of sp³-hybridized carbons (Fsp3) is 0.875. The molecule has 0 aromatic rings. The SMILES string of the molecule is C[C@@H]1C[CH]C[C@H](C)N1C. The van der Waals surface area contributed by atoms with Gasteiger partial charge in [-0.15, -0.1) is 0 Å². The lowest BCUT2D eigenvalue weighted by molar-refractivity contribution is 0.164. The molecule has 1 nitrogen and oxygen atoms in total. The zero-order valence-corrected chi connectivity index (χ0v) is 6.59. The monoisotopic (exact) mass is 126 g/mol. The van der Waals surface area contributed by atoms with Gasteiger partial charge < -0.3 is 4.90 Å². The first-order valence-electron chi connectivity index (χ1n) is 3.75. The molecule has 53 valence electrons. The highest BCUT2D eigenvalue weighted by molar-refractivity contribution is 4.86. The van der Waals surface area contributed by atoms with Crippen molar-refractivity contribution in [2.24, 2.45) is 0 Å². The van der Waals surface area contributed by atoms with Gasteiger partial charge in [0.25, 0.3) is 0 Å². The first kappa shape index (κ1) is 7.07. The molecule has 1 aliphatic heterocycles. The third kappa shape index (κ3) is 1.45. The number of hydrogen-bond acceptors (Lipinski definition) is 1. The Labute approximate surface area is 58.0 Å². The van der Waals surface area contributed by atoms with Crippen LogP contribution in [0, 0.1) is 6.42 Å². The van der Waals surface area contributed by atoms with Gasteiger partial charge in [-0.1, -0.05) is 0 Å². The maximum absolute atomic E-state index is 2.44. The van der Waals surface area contributed by atoms with Crippen LogP contribution in [-0.2, 0) is 0 Å². The van der Waals surface area contributed by atoms with Crippen LogP contribution in [0.1, 0.15) is 26.7 Å². The number of likely N-dealkylation sites (tertiary alicyclic amines) is 1. The second kappa shape index (κ2) is 2.70. The van der Waals surface area contributed by atoms with E-state index < -0.39 is 0 Å². The van der Waals surface area contributed by atoms with Gasteiger partial charge in [-0.3, -0.25) is 0 Å². The van der Waals surface area contributed by atoms with Crippen LogP contribution in [-0.4, -0.2) is 24.0 Å². The summed E-state index contributed by atoms with van der Waals surface area (Å²) in [4.78, 5) is 2.44. The van der Waals surface area contributed by atoms with E-state index in [4.69, 9.17) is 0 Å². The predicted molar refractivity (Wildman–Crippen MR) is 40.2 cm³/mol. The molecule has 1 rings (SSSR count). The van der Waals surface area contributed by atoms with Crippen LogP contribution in [0.5, 0.6) is 0 Å². The summed E-state index contributed by atoms with van der Waals surface area (Å²) in [7, 11) is 2.21. The molecule has 2 atom stereocenters. The summed E-state index contributed by atoms with van der Waals surface area (Å²) < 4.78 is 0. The van der Waals surface area contributed by atoms with Crippen LogP contribution < -0.4 is 0 Å². The van der Waals surface area contributed by atoms with E-state index in [2.05, 4.69) is 32.2 Å². The highest BCUT2D eigenvalue weighted by Gasteiger charge is 2.19. The van der Waals surface area contributed by atoms with Crippen LogP contribution in [0.4, 0.5) is 0 Å². The lowest BCUT2D eigenvalue weighted by atomic mass is 9.99. The fourth-order valence-corrected chi connectivity index (χ4v) is 1.35. The van der Waals surface area contributed by atoms with Gasteiger partial charge in [0.15, 0.2) is 0 Å². The van der Waals surface area contributed by atoms with Crippen molar-refractivity contribution in [2.75, 3.05) is 7.05 Å². The van der Waals surface area contributed by atoms with E-state index in [1.807, 2.05) is 0 Å². The number of rotatable bonds is 0. The molecule has 0 unspecified atom stereocenters. The molecular weight excluding hydrogens is 110 g/mol. The zero-order valence-electron chi connectivity index (χ0n) is 6.59. The van der Waals surface area contributed by atoms with Crippen molar-refractivity contribution < 1.29 is 0 Å². The van der Waals surface area contributed by atoms with E-state index in [0.717, 1.165) is 12.1 Å². The Morgan fingerprint density at radius 2 is 1.67 bits per heavy atom. The summed E-state index contributed by atoms with van der Waals surface area (Å²) in [5.74, 6) is 0. The summed E-state index contributed by atoms with van der Waals surface area (Å²) in [5.41, 5.74) is 0. The van der Waals surface area contributed by atoms with Gasteiger partial charge in [0.1, 0.15) is 0 Å². The Balaban J connectivity index is 2.41. The number of hydrogen-bond donors (Lipinski definition) is 0. The number of nitrogens with zero attached hydrogens (tertiary/aromatic N) is 1. The molecule has 1 heterocycles. The van der Waals surface area contributed by atoms with Crippen LogP contribution in [0.15, 0.2) is 0 Å². The standard InChI is InChI=1S/C8H16N/c1-7-5-4-6-8(2)9(7)3/h4,7-8H,5-6H2,1-3H3/t7-,8+. The molecule has 1 saturated heterocycles. The largest absolute Gasteiger partial charge is 0.301 e. The molecule has 0 saturated carbocycles. The second-order valence-electron chi connectivity index (χ2n) is 3.12. The topological polar surface area (TPSA) is 3.24 Å². The van der Waals surface area contributed by atoms with Gasteiger partial charge in [-0.25, -0.2) is 0 Å². The lowest BCUT2D eigenvalue weighted by Crippen LogP contribution is -2.40. The molecule has 0 aromatic heterocycles. The van der Waals surface area contributed by atoms with E-state index in [1.165, 1.54) is 12.8 Å².